The Kier molecular flexibility index (Phi) is 4.79. The molecule has 1 N–H and O–H groups in total. The molecule has 0 saturated carbocycles. The van der Waals surface area contributed by atoms with Crippen molar-refractivity contribution < 1.29 is 4.79 Å². The fourth-order valence-corrected chi connectivity index (χ4v) is 2.53. The summed E-state index contributed by atoms with van der Waals surface area (Å²) in [5.74, 6) is 0.0458. The van der Waals surface area contributed by atoms with Crippen LogP contribution in [-0.4, -0.2) is 27.2 Å². The van der Waals surface area contributed by atoms with Crippen molar-refractivity contribution in [2.24, 2.45) is 0 Å². The molecule has 1 heterocycles. The molecule has 5 heteroatoms. The number of amides is 1. The molecule has 1 amide bonds. The second-order valence-corrected chi connectivity index (χ2v) is 5.27. The lowest BCUT2D eigenvalue weighted by Crippen LogP contribution is -2.31. The molecule has 0 aliphatic heterocycles. The molecule has 0 saturated heterocycles. The Balaban J connectivity index is 1.71. The number of rotatable bonds is 6. The molecule has 3 aromatic rings. The summed E-state index contributed by atoms with van der Waals surface area (Å²) in [5, 5.41) is 6.93. The summed E-state index contributed by atoms with van der Waals surface area (Å²) in [6.45, 7) is 0.720. The highest BCUT2D eigenvalue weighted by Gasteiger charge is 2.15. The summed E-state index contributed by atoms with van der Waals surface area (Å²) in [6.07, 6.45) is 2.95. The maximum Gasteiger partial charge on any atom is 0.241 e. The molecule has 1 aromatic heterocycles. The molecule has 0 fully saturated rings. The number of hydrogen-bond acceptors (Lipinski definition) is 3. The number of carbonyl (C=O) groups excluding carboxylic acids is 1. The number of nitrogens with one attached hydrogen (secondary N) is 1. The molecule has 5 nitrogen and oxygen atoms in total. The minimum absolute atomic E-state index is 0.0765. The molecule has 0 aliphatic carbocycles. The van der Waals surface area contributed by atoms with Crippen LogP contribution in [0.4, 0.5) is 0 Å². The largest absolute Gasteiger partial charge is 0.354 e. The third-order valence-corrected chi connectivity index (χ3v) is 3.68. The quantitative estimate of drug-likeness (QED) is 0.759. The van der Waals surface area contributed by atoms with Crippen molar-refractivity contribution in [3.05, 3.63) is 84.4 Å². The lowest BCUT2D eigenvalue weighted by molar-refractivity contribution is -0.121. The van der Waals surface area contributed by atoms with E-state index in [-0.39, 0.29) is 18.4 Å². The second kappa shape index (κ2) is 7.35. The molecule has 0 aliphatic rings. The molecule has 0 radical (unpaired) electrons. The van der Waals surface area contributed by atoms with Gasteiger partial charge in [0.05, 0.1) is 0 Å². The first-order chi connectivity index (χ1) is 11.3. The van der Waals surface area contributed by atoms with Crippen molar-refractivity contribution in [2.45, 2.75) is 12.5 Å². The number of benzene rings is 2. The Bertz CT molecular complexity index is 687. The van der Waals surface area contributed by atoms with E-state index in [1.807, 2.05) is 36.4 Å². The molecule has 23 heavy (non-hydrogen) atoms. The van der Waals surface area contributed by atoms with Crippen LogP contribution in [0.1, 0.15) is 17.0 Å². The van der Waals surface area contributed by atoms with Gasteiger partial charge in [0.15, 0.2) is 0 Å². The van der Waals surface area contributed by atoms with Crippen molar-refractivity contribution in [1.82, 2.24) is 20.1 Å². The summed E-state index contributed by atoms with van der Waals surface area (Å²) in [5.41, 5.74) is 2.36. The first kappa shape index (κ1) is 15.0. The van der Waals surface area contributed by atoms with Gasteiger partial charge in [-0.25, -0.2) is 9.67 Å². The zero-order valence-electron chi connectivity index (χ0n) is 12.7. The van der Waals surface area contributed by atoms with E-state index in [4.69, 9.17) is 0 Å². The van der Waals surface area contributed by atoms with Gasteiger partial charge in [0.25, 0.3) is 0 Å². The summed E-state index contributed by atoms with van der Waals surface area (Å²) < 4.78 is 1.51. The lowest BCUT2D eigenvalue weighted by Gasteiger charge is -2.18. The second-order valence-electron chi connectivity index (χ2n) is 5.27. The third kappa shape index (κ3) is 4.03. The van der Waals surface area contributed by atoms with Crippen LogP contribution in [0.5, 0.6) is 0 Å². The predicted molar refractivity (Wildman–Crippen MR) is 87.8 cm³/mol. The van der Waals surface area contributed by atoms with Gasteiger partial charge in [-0.3, -0.25) is 4.79 Å². The van der Waals surface area contributed by atoms with Gasteiger partial charge < -0.3 is 5.32 Å². The van der Waals surface area contributed by atoms with Gasteiger partial charge in [0.1, 0.15) is 19.2 Å². The highest BCUT2D eigenvalue weighted by molar-refractivity contribution is 5.75. The van der Waals surface area contributed by atoms with Gasteiger partial charge in [-0.05, 0) is 11.1 Å². The zero-order valence-corrected chi connectivity index (χ0v) is 12.7. The molecule has 0 atom stereocenters. The fourth-order valence-electron chi connectivity index (χ4n) is 2.53. The Hall–Kier alpha value is -2.95. The van der Waals surface area contributed by atoms with Gasteiger partial charge in [-0.2, -0.15) is 5.10 Å². The van der Waals surface area contributed by atoms with Crippen LogP contribution in [0.25, 0.3) is 0 Å². The Morgan fingerprint density at radius 1 is 1.00 bits per heavy atom. The average molecular weight is 306 g/mol. The van der Waals surface area contributed by atoms with E-state index < -0.39 is 0 Å². The van der Waals surface area contributed by atoms with Crippen molar-refractivity contribution in [2.75, 3.05) is 6.54 Å². The number of aromatic nitrogens is 3. The zero-order chi connectivity index (χ0) is 15.9. The van der Waals surface area contributed by atoms with E-state index in [9.17, 15) is 4.79 Å². The van der Waals surface area contributed by atoms with E-state index in [2.05, 4.69) is 39.7 Å². The summed E-state index contributed by atoms with van der Waals surface area (Å²) in [7, 11) is 0. The summed E-state index contributed by atoms with van der Waals surface area (Å²) in [4.78, 5) is 15.9. The number of nitrogens with zero attached hydrogens (tertiary/aromatic N) is 3. The lowest BCUT2D eigenvalue weighted by atomic mass is 9.91. The van der Waals surface area contributed by atoms with E-state index in [1.54, 1.807) is 0 Å². The van der Waals surface area contributed by atoms with Gasteiger partial charge >= 0.3 is 0 Å². The van der Waals surface area contributed by atoms with Crippen molar-refractivity contribution in [3.63, 3.8) is 0 Å². The molecule has 0 spiro atoms. The van der Waals surface area contributed by atoms with E-state index in [0.717, 1.165) is 0 Å². The maximum atomic E-state index is 12.1. The number of hydrogen-bond donors (Lipinski definition) is 1. The standard InChI is InChI=1S/C18H18N4O/c23-18(12-22-14-19-13-21-22)20-11-17(15-7-3-1-4-8-15)16-9-5-2-6-10-16/h1-10,13-14,17H,11-12H2,(H,20,23). The molecular formula is C18H18N4O. The average Bonchev–Trinajstić information content (AvgIpc) is 3.10. The van der Waals surface area contributed by atoms with Crippen LogP contribution in [-0.2, 0) is 11.3 Å². The smallest absolute Gasteiger partial charge is 0.241 e. The monoisotopic (exact) mass is 306 g/mol. The minimum Gasteiger partial charge on any atom is -0.354 e. The van der Waals surface area contributed by atoms with Gasteiger partial charge in [-0.1, -0.05) is 60.7 Å². The maximum absolute atomic E-state index is 12.1. The van der Waals surface area contributed by atoms with Crippen LogP contribution in [0, 0.1) is 0 Å². The Labute approximate surface area is 135 Å². The first-order valence-corrected chi connectivity index (χ1v) is 7.52. The van der Waals surface area contributed by atoms with Crippen LogP contribution < -0.4 is 5.32 Å². The third-order valence-electron chi connectivity index (χ3n) is 3.68. The highest BCUT2D eigenvalue weighted by atomic mass is 16.2. The Morgan fingerprint density at radius 2 is 1.61 bits per heavy atom. The van der Waals surface area contributed by atoms with Gasteiger partial charge in [0.2, 0.25) is 5.91 Å². The fraction of sp³-hybridized carbons (Fsp3) is 0.167. The Morgan fingerprint density at radius 3 is 2.13 bits per heavy atom. The minimum atomic E-state index is -0.0765. The van der Waals surface area contributed by atoms with Crippen LogP contribution >= 0.6 is 0 Å². The van der Waals surface area contributed by atoms with Crippen molar-refractivity contribution in [3.8, 4) is 0 Å². The topological polar surface area (TPSA) is 59.8 Å². The summed E-state index contributed by atoms with van der Waals surface area (Å²) >= 11 is 0. The summed E-state index contributed by atoms with van der Waals surface area (Å²) in [6, 6.07) is 20.4. The highest BCUT2D eigenvalue weighted by Crippen LogP contribution is 2.23. The van der Waals surface area contributed by atoms with Gasteiger partial charge in [0, 0.05) is 12.5 Å². The molecule has 116 valence electrons. The molecule has 3 rings (SSSR count). The number of carbonyl (C=O) groups is 1. The van der Waals surface area contributed by atoms with E-state index in [1.165, 1.54) is 28.5 Å². The van der Waals surface area contributed by atoms with E-state index in [0.29, 0.717) is 6.54 Å². The van der Waals surface area contributed by atoms with Crippen LogP contribution in [0.3, 0.4) is 0 Å². The van der Waals surface area contributed by atoms with Gasteiger partial charge in [-0.15, -0.1) is 0 Å². The molecule has 0 unspecified atom stereocenters. The van der Waals surface area contributed by atoms with Crippen molar-refractivity contribution >= 4 is 5.91 Å². The molecule has 0 bridgehead atoms. The van der Waals surface area contributed by atoms with E-state index >= 15 is 0 Å². The first-order valence-electron chi connectivity index (χ1n) is 7.52. The predicted octanol–water partition coefficient (Wildman–Crippen LogP) is 2.23. The molecule has 2 aromatic carbocycles. The molecular weight excluding hydrogens is 288 g/mol. The van der Waals surface area contributed by atoms with Crippen LogP contribution in [0.15, 0.2) is 73.3 Å². The van der Waals surface area contributed by atoms with Crippen molar-refractivity contribution in [1.29, 1.82) is 0 Å². The normalized spacial score (nSPS) is 10.7. The van der Waals surface area contributed by atoms with Crippen LogP contribution in [0.2, 0.25) is 0 Å². The SMILES string of the molecule is O=C(Cn1cncn1)NCC(c1ccccc1)c1ccccc1.